The van der Waals surface area contributed by atoms with Crippen molar-refractivity contribution in [2.45, 2.75) is 25.4 Å². The number of aromatic nitrogens is 4. The Balaban J connectivity index is 1.18. The second-order valence-corrected chi connectivity index (χ2v) is 10.6. The fraction of sp³-hybridized carbons (Fsp3) is 0.303. The third-order valence-corrected chi connectivity index (χ3v) is 7.75. The summed E-state index contributed by atoms with van der Waals surface area (Å²) in [7, 11) is 4.76. The number of benzene rings is 3. The molecule has 5 aromatic rings. The van der Waals surface area contributed by atoms with E-state index in [1.165, 1.54) is 23.0 Å². The van der Waals surface area contributed by atoms with Gasteiger partial charge in [0, 0.05) is 26.2 Å². The number of nitrogens with one attached hydrogen (secondary N) is 1. The van der Waals surface area contributed by atoms with E-state index >= 15 is 0 Å². The topological polar surface area (TPSA) is 116 Å². The Hall–Kier alpha value is -4.71. The molecule has 0 amide bonds. The summed E-state index contributed by atoms with van der Waals surface area (Å²) in [6.07, 6.45) is 2.51. The van der Waals surface area contributed by atoms with Crippen molar-refractivity contribution in [1.82, 2.24) is 24.4 Å². The molecule has 0 radical (unpaired) electrons. The van der Waals surface area contributed by atoms with Gasteiger partial charge in [-0.15, -0.1) is 0 Å². The summed E-state index contributed by atoms with van der Waals surface area (Å²) in [5.41, 5.74) is 5.75. The molecule has 0 unspecified atom stereocenters. The van der Waals surface area contributed by atoms with Crippen LogP contribution in [0.5, 0.6) is 17.2 Å². The number of methoxy groups -OCH3 is 3. The van der Waals surface area contributed by atoms with E-state index in [1.54, 1.807) is 27.7 Å². The Labute approximate surface area is 256 Å². The summed E-state index contributed by atoms with van der Waals surface area (Å²) in [6, 6.07) is 22.7. The summed E-state index contributed by atoms with van der Waals surface area (Å²) >= 11 is 0. The fourth-order valence-corrected chi connectivity index (χ4v) is 5.58. The van der Waals surface area contributed by atoms with Crippen LogP contribution in [0.4, 0.5) is 5.82 Å². The van der Waals surface area contributed by atoms with Crippen molar-refractivity contribution in [2.75, 3.05) is 46.3 Å². The van der Waals surface area contributed by atoms with Gasteiger partial charge in [0.25, 0.3) is 0 Å². The first-order valence-electron chi connectivity index (χ1n) is 14.4. The molecule has 0 aliphatic carbocycles. The number of hydrogen-bond acceptors (Lipinski definition) is 10. The monoisotopic (exact) mass is 596 g/mol. The van der Waals surface area contributed by atoms with Crippen molar-refractivity contribution in [2.24, 2.45) is 0 Å². The number of fused-ring (bicyclic) bond motifs is 1. The second-order valence-electron chi connectivity index (χ2n) is 10.6. The maximum atomic E-state index is 10.1. The van der Waals surface area contributed by atoms with Crippen molar-refractivity contribution in [3.05, 3.63) is 90.5 Å². The first-order valence-corrected chi connectivity index (χ1v) is 14.4. The molecule has 2 N–H and O–H groups in total. The zero-order valence-corrected chi connectivity index (χ0v) is 25.0. The predicted octanol–water partition coefficient (Wildman–Crippen LogP) is 4.52. The van der Waals surface area contributed by atoms with E-state index in [0.29, 0.717) is 53.9 Å². The standard InChI is InChI=1S/C33H36N6O5/c1-41-27-13-23(14-28(42-2)31(27)43-3)15-34-32-30-33(36-20-35-32)39(21-37-30)29-18-38(17-26(19-40)44-29)16-22-9-11-25(12-10-22)24-7-5-4-6-8-24/h4-14,20-21,26,29,40H,15-19H2,1-3H3,(H,34,35,36)/t26-,29+/m0/s1. The third kappa shape index (κ3) is 6.16. The SMILES string of the molecule is COc1cc(CNc2ncnc3c2ncn3[C@H]2CN(Cc3ccc(-c4ccccc4)cc3)C[C@@H](CO)O2)cc(OC)c1OC. The van der Waals surface area contributed by atoms with Crippen molar-refractivity contribution >= 4 is 17.0 Å². The molecule has 0 bridgehead atoms. The predicted molar refractivity (Wildman–Crippen MR) is 167 cm³/mol. The molecule has 1 aliphatic rings. The lowest BCUT2D eigenvalue weighted by Gasteiger charge is -2.38. The number of hydrogen-bond donors (Lipinski definition) is 2. The highest BCUT2D eigenvalue weighted by atomic mass is 16.5. The number of ether oxygens (including phenoxy) is 4. The summed E-state index contributed by atoms with van der Waals surface area (Å²) in [4.78, 5) is 15.9. The molecular formula is C33H36N6O5. The van der Waals surface area contributed by atoms with Crippen LogP contribution in [0.15, 0.2) is 79.4 Å². The normalized spacial score (nSPS) is 17.0. The molecule has 0 spiro atoms. The number of anilines is 1. The van der Waals surface area contributed by atoms with E-state index < -0.39 is 0 Å². The molecule has 6 rings (SSSR count). The Kier molecular flexibility index (Phi) is 8.87. The van der Waals surface area contributed by atoms with Crippen LogP contribution in [-0.2, 0) is 17.8 Å². The average molecular weight is 597 g/mol. The molecule has 3 aromatic carbocycles. The molecule has 1 aliphatic heterocycles. The highest BCUT2D eigenvalue weighted by molar-refractivity contribution is 5.82. The molecule has 0 saturated carbocycles. The summed E-state index contributed by atoms with van der Waals surface area (Å²) in [6.45, 7) is 2.33. The van der Waals surface area contributed by atoms with Gasteiger partial charge in [0.15, 0.2) is 28.5 Å². The van der Waals surface area contributed by atoms with Gasteiger partial charge in [-0.05, 0) is 34.4 Å². The van der Waals surface area contributed by atoms with Gasteiger partial charge in [-0.25, -0.2) is 15.0 Å². The quantitative estimate of drug-likeness (QED) is 0.225. The van der Waals surface area contributed by atoms with E-state index in [-0.39, 0.29) is 18.9 Å². The smallest absolute Gasteiger partial charge is 0.203 e. The maximum Gasteiger partial charge on any atom is 0.203 e. The number of imidazole rings is 1. The van der Waals surface area contributed by atoms with E-state index in [1.807, 2.05) is 34.9 Å². The molecule has 1 fully saturated rings. The molecule has 228 valence electrons. The van der Waals surface area contributed by atoms with Crippen LogP contribution in [0.25, 0.3) is 22.3 Å². The zero-order chi connectivity index (χ0) is 30.5. The van der Waals surface area contributed by atoms with Crippen LogP contribution in [0.1, 0.15) is 17.4 Å². The van der Waals surface area contributed by atoms with Gasteiger partial charge in [-0.2, -0.15) is 0 Å². The highest BCUT2D eigenvalue weighted by Crippen LogP contribution is 2.38. The maximum absolute atomic E-state index is 10.1. The van der Waals surface area contributed by atoms with E-state index in [0.717, 1.165) is 12.1 Å². The lowest BCUT2D eigenvalue weighted by atomic mass is 10.0. The van der Waals surface area contributed by atoms with Crippen LogP contribution in [0, 0.1) is 0 Å². The number of nitrogens with zero attached hydrogens (tertiary/aromatic N) is 5. The van der Waals surface area contributed by atoms with Gasteiger partial charge < -0.3 is 29.4 Å². The number of rotatable bonds is 11. The molecule has 44 heavy (non-hydrogen) atoms. The summed E-state index contributed by atoms with van der Waals surface area (Å²) in [5, 5.41) is 13.4. The molecule has 11 nitrogen and oxygen atoms in total. The van der Waals surface area contributed by atoms with Crippen molar-refractivity contribution < 1.29 is 24.1 Å². The fourth-order valence-electron chi connectivity index (χ4n) is 5.58. The van der Waals surface area contributed by atoms with Gasteiger partial charge in [-0.1, -0.05) is 54.6 Å². The highest BCUT2D eigenvalue weighted by Gasteiger charge is 2.30. The van der Waals surface area contributed by atoms with Gasteiger partial charge in [0.1, 0.15) is 12.6 Å². The van der Waals surface area contributed by atoms with Crippen LogP contribution in [0.2, 0.25) is 0 Å². The average Bonchev–Trinajstić information content (AvgIpc) is 3.52. The second kappa shape index (κ2) is 13.3. The van der Waals surface area contributed by atoms with Gasteiger partial charge in [-0.3, -0.25) is 9.47 Å². The largest absolute Gasteiger partial charge is 0.493 e. The first-order chi connectivity index (χ1) is 21.6. The number of aliphatic hydroxyl groups is 1. The Morgan fingerprint density at radius 1 is 0.864 bits per heavy atom. The molecule has 3 heterocycles. The van der Waals surface area contributed by atoms with E-state index in [9.17, 15) is 5.11 Å². The summed E-state index contributed by atoms with van der Waals surface area (Å²) in [5.74, 6) is 2.27. The Morgan fingerprint density at radius 3 is 2.27 bits per heavy atom. The van der Waals surface area contributed by atoms with Gasteiger partial charge in [0.05, 0.1) is 40.4 Å². The van der Waals surface area contributed by atoms with E-state index in [2.05, 4.69) is 61.6 Å². The Bertz CT molecular complexity index is 1670. The Morgan fingerprint density at radius 2 is 1.59 bits per heavy atom. The van der Waals surface area contributed by atoms with Crippen molar-refractivity contribution in [1.29, 1.82) is 0 Å². The minimum Gasteiger partial charge on any atom is -0.493 e. The zero-order valence-electron chi connectivity index (χ0n) is 25.0. The molecule has 2 atom stereocenters. The van der Waals surface area contributed by atoms with Gasteiger partial charge >= 0.3 is 0 Å². The summed E-state index contributed by atoms with van der Waals surface area (Å²) < 4.78 is 24.6. The minimum atomic E-state index is -0.382. The minimum absolute atomic E-state index is 0.0802. The molecule has 2 aromatic heterocycles. The van der Waals surface area contributed by atoms with Crippen LogP contribution >= 0.6 is 0 Å². The van der Waals surface area contributed by atoms with Crippen molar-refractivity contribution in [3.63, 3.8) is 0 Å². The lowest BCUT2D eigenvalue weighted by molar-refractivity contribution is -0.135. The van der Waals surface area contributed by atoms with Crippen LogP contribution in [0.3, 0.4) is 0 Å². The van der Waals surface area contributed by atoms with Crippen molar-refractivity contribution in [3.8, 4) is 28.4 Å². The molecule has 11 heteroatoms. The third-order valence-electron chi connectivity index (χ3n) is 7.75. The first kappa shape index (κ1) is 29.4. The molecular weight excluding hydrogens is 560 g/mol. The molecule has 1 saturated heterocycles. The van der Waals surface area contributed by atoms with E-state index in [4.69, 9.17) is 18.9 Å². The van der Waals surface area contributed by atoms with Crippen LogP contribution in [-0.4, -0.2) is 76.7 Å². The number of aliphatic hydroxyl groups excluding tert-OH is 1. The lowest BCUT2D eigenvalue weighted by Crippen LogP contribution is -2.46. The number of morpholine rings is 1. The van der Waals surface area contributed by atoms with Crippen LogP contribution < -0.4 is 19.5 Å². The van der Waals surface area contributed by atoms with Gasteiger partial charge in [0.2, 0.25) is 5.75 Å².